The van der Waals surface area contributed by atoms with Crippen molar-refractivity contribution in [2.75, 3.05) is 5.32 Å². The second-order valence-corrected chi connectivity index (χ2v) is 4.01. The number of halogens is 1. The van der Waals surface area contributed by atoms with Gasteiger partial charge in [0, 0.05) is 6.04 Å². The van der Waals surface area contributed by atoms with E-state index in [1.807, 2.05) is 6.92 Å². The smallest absolute Gasteiger partial charge is 0.329 e. The fourth-order valence-electron chi connectivity index (χ4n) is 1.51. The third kappa shape index (κ3) is 3.81. The summed E-state index contributed by atoms with van der Waals surface area (Å²) in [6, 6.07) is 0.157. The monoisotopic (exact) mass is 258 g/mol. The Hall–Kier alpha value is -1.43. The summed E-state index contributed by atoms with van der Waals surface area (Å²) in [4.78, 5) is 17.8. The van der Waals surface area contributed by atoms with Gasteiger partial charge in [0.15, 0.2) is 0 Å². The number of aromatic nitrogens is 2. The molecular weight excluding hydrogens is 244 g/mol. The molecule has 6 nitrogen and oxygen atoms in total. The van der Waals surface area contributed by atoms with E-state index in [1.165, 1.54) is 0 Å². The normalized spacial score (nSPS) is 12.2. The molecule has 1 N–H and O–H groups in total. The van der Waals surface area contributed by atoms with Crippen molar-refractivity contribution < 1.29 is 4.92 Å². The van der Waals surface area contributed by atoms with Crippen LogP contribution in [0.5, 0.6) is 0 Å². The number of nitrogens with one attached hydrogen (secondary N) is 1. The number of nitrogens with zero attached hydrogens (tertiary/aromatic N) is 3. The van der Waals surface area contributed by atoms with Gasteiger partial charge in [-0.2, -0.15) is 4.98 Å². The van der Waals surface area contributed by atoms with E-state index in [4.69, 9.17) is 11.6 Å². The molecule has 0 aliphatic carbocycles. The molecule has 0 saturated carbocycles. The molecular formula is C10H15ClN4O2. The molecule has 0 aromatic carbocycles. The summed E-state index contributed by atoms with van der Waals surface area (Å²) in [6.07, 6.45) is 3.91. The van der Waals surface area contributed by atoms with Crippen molar-refractivity contribution in [1.82, 2.24) is 9.97 Å². The molecule has 1 aromatic rings. The van der Waals surface area contributed by atoms with E-state index in [0.717, 1.165) is 25.5 Å². The first-order valence-corrected chi connectivity index (χ1v) is 5.89. The van der Waals surface area contributed by atoms with Gasteiger partial charge in [-0.25, -0.2) is 4.98 Å². The Kier molecular flexibility index (Phi) is 5.09. The maximum atomic E-state index is 10.8. The quantitative estimate of drug-likeness (QED) is 0.482. The molecule has 1 aromatic heterocycles. The van der Waals surface area contributed by atoms with Gasteiger partial charge < -0.3 is 5.32 Å². The van der Waals surface area contributed by atoms with Gasteiger partial charge in [-0.1, -0.05) is 20.3 Å². The zero-order chi connectivity index (χ0) is 12.8. The number of nitro groups is 1. The maximum Gasteiger partial charge on any atom is 0.329 e. The predicted octanol–water partition coefficient (Wildman–Crippen LogP) is 3.03. The van der Waals surface area contributed by atoms with E-state index in [1.54, 1.807) is 0 Å². The minimum atomic E-state index is -0.517. The fraction of sp³-hybridized carbons (Fsp3) is 0.600. The third-order valence-corrected chi connectivity index (χ3v) is 2.59. The van der Waals surface area contributed by atoms with Crippen LogP contribution in [0.2, 0.25) is 5.28 Å². The van der Waals surface area contributed by atoms with Crippen molar-refractivity contribution >= 4 is 23.1 Å². The SMILES string of the molecule is CCCC(CC)Nc1nc(Cl)ncc1[N+](=O)[O-]. The summed E-state index contributed by atoms with van der Waals surface area (Å²) in [5.74, 6) is 0.190. The molecule has 0 fully saturated rings. The van der Waals surface area contributed by atoms with Crippen LogP contribution in [0, 0.1) is 10.1 Å². The standard InChI is InChI=1S/C10H15ClN4O2/c1-3-5-7(4-2)13-9-8(15(16)17)6-12-10(11)14-9/h6-7H,3-5H2,1-2H3,(H,12,13,14). The Balaban J connectivity index is 2.94. The lowest BCUT2D eigenvalue weighted by atomic mass is 10.1. The number of hydrogen-bond acceptors (Lipinski definition) is 5. The van der Waals surface area contributed by atoms with Crippen molar-refractivity contribution in [3.8, 4) is 0 Å². The fourth-order valence-corrected chi connectivity index (χ4v) is 1.65. The van der Waals surface area contributed by atoms with E-state index < -0.39 is 4.92 Å². The molecule has 0 aliphatic rings. The second kappa shape index (κ2) is 6.34. The molecule has 1 unspecified atom stereocenters. The average molecular weight is 259 g/mol. The highest BCUT2D eigenvalue weighted by Crippen LogP contribution is 2.23. The second-order valence-electron chi connectivity index (χ2n) is 3.67. The van der Waals surface area contributed by atoms with Crippen LogP contribution in [-0.4, -0.2) is 20.9 Å². The Bertz CT molecular complexity index is 400. The Labute approximate surface area is 105 Å². The van der Waals surface area contributed by atoms with Crippen molar-refractivity contribution in [2.24, 2.45) is 0 Å². The van der Waals surface area contributed by atoms with Crippen LogP contribution < -0.4 is 5.32 Å². The van der Waals surface area contributed by atoms with Crippen LogP contribution >= 0.6 is 11.6 Å². The molecule has 0 spiro atoms. The van der Waals surface area contributed by atoms with Crippen LogP contribution in [0.1, 0.15) is 33.1 Å². The average Bonchev–Trinajstić information content (AvgIpc) is 2.28. The highest BCUT2D eigenvalue weighted by atomic mass is 35.5. The lowest BCUT2D eigenvalue weighted by molar-refractivity contribution is -0.384. The summed E-state index contributed by atoms with van der Waals surface area (Å²) in [5.41, 5.74) is -0.149. The summed E-state index contributed by atoms with van der Waals surface area (Å²) < 4.78 is 0. The molecule has 94 valence electrons. The Morgan fingerprint density at radius 2 is 2.29 bits per heavy atom. The van der Waals surface area contributed by atoms with Gasteiger partial charge in [-0.15, -0.1) is 0 Å². The van der Waals surface area contributed by atoms with Gasteiger partial charge in [0.05, 0.1) is 4.92 Å². The minimum Gasteiger partial charge on any atom is -0.361 e. The molecule has 1 atom stereocenters. The maximum absolute atomic E-state index is 10.8. The van der Waals surface area contributed by atoms with Gasteiger partial charge in [0.25, 0.3) is 0 Å². The molecule has 0 amide bonds. The molecule has 1 rings (SSSR count). The summed E-state index contributed by atoms with van der Waals surface area (Å²) in [6.45, 7) is 4.08. The highest BCUT2D eigenvalue weighted by molar-refractivity contribution is 6.28. The Morgan fingerprint density at radius 3 is 2.82 bits per heavy atom. The molecule has 0 aliphatic heterocycles. The van der Waals surface area contributed by atoms with E-state index >= 15 is 0 Å². The van der Waals surface area contributed by atoms with Crippen LogP contribution in [-0.2, 0) is 0 Å². The van der Waals surface area contributed by atoms with Crippen LogP contribution in [0.3, 0.4) is 0 Å². The lowest BCUT2D eigenvalue weighted by Crippen LogP contribution is -2.19. The molecule has 0 radical (unpaired) electrons. The van der Waals surface area contributed by atoms with Crippen molar-refractivity contribution in [3.05, 3.63) is 21.6 Å². The van der Waals surface area contributed by atoms with Gasteiger partial charge in [0.1, 0.15) is 6.20 Å². The number of hydrogen-bond donors (Lipinski definition) is 1. The lowest BCUT2D eigenvalue weighted by Gasteiger charge is -2.16. The Morgan fingerprint density at radius 1 is 1.59 bits per heavy atom. The van der Waals surface area contributed by atoms with Crippen molar-refractivity contribution in [2.45, 2.75) is 39.2 Å². The minimum absolute atomic E-state index is 0.00412. The largest absolute Gasteiger partial charge is 0.361 e. The van der Waals surface area contributed by atoms with E-state index in [0.29, 0.717) is 0 Å². The molecule has 7 heteroatoms. The first kappa shape index (κ1) is 13.6. The molecule has 1 heterocycles. The summed E-state index contributed by atoms with van der Waals surface area (Å²) >= 11 is 5.64. The first-order chi connectivity index (χ1) is 8.08. The van der Waals surface area contributed by atoms with E-state index in [-0.39, 0.29) is 22.8 Å². The van der Waals surface area contributed by atoms with Crippen LogP contribution in [0.15, 0.2) is 6.20 Å². The highest BCUT2D eigenvalue weighted by Gasteiger charge is 2.19. The summed E-state index contributed by atoms with van der Waals surface area (Å²) in [5, 5.41) is 13.9. The van der Waals surface area contributed by atoms with Crippen LogP contribution in [0.25, 0.3) is 0 Å². The number of rotatable bonds is 6. The molecule has 17 heavy (non-hydrogen) atoms. The van der Waals surface area contributed by atoms with E-state index in [2.05, 4.69) is 22.2 Å². The van der Waals surface area contributed by atoms with Gasteiger partial charge in [-0.3, -0.25) is 10.1 Å². The zero-order valence-electron chi connectivity index (χ0n) is 9.81. The number of anilines is 1. The van der Waals surface area contributed by atoms with Crippen LogP contribution in [0.4, 0.5) is 11.5 Å². The van der Waals surface area contributed by atoms with Gasteiger partial charge in [0.2, 0.25) is 11.1 Å². The predicted molar refractivity (Wildman–Crippen MR) is 66.3 cm³/mol. The third-order valence-electron chi connectivity index (χ3n) is 2.41. The van der Waals surface area contributed by atoms with Crippen molar-refractivity contribution in [3.63, 3.8) is 0 Å². The van der Waals surface area contributed by atoms with Gasteiger partial charge >= 0.3 is 5.69 Å². The van der Waals surface area contributed by atoms with Crippen molar-refractivity contribution in [1.29, 1.82) is 0 Å². The molecule has 0 bridgehead atoms. The van der Waals surface area contributed by atoms with E-state index in [9.17, 15) is 10.1 Å². The molecule has 0 saturated heterocycles. The topological polar surface area (TPSA) is 81.0 Å². The van der Waals surface area contributed by atoms with Gasteiger partial charge in [-0.05, 0) is 24.4 Å². The summed E-state index contributed by atoms with van der Waals surface area (Å²) in [7, 11) is 0. The zero-order valence-corrected chi connectivity index (χ0v) is 10.6. The first-order valence-electron chi connectivity index (χ1n) is 5.51.